The second kappa shape index (κ2) is 14.7. The van der Waals surface area contributed by atoms with Gasteiger partial charge in [-0.15, -0.1) is 0 Å². The van der Waals surface area contributed by atoms with E-state index in [2.05, 4.69) is 69.1 Å². The third-order valence-corrected chi connectivity index (χ3v) is 11.5. The molecule has 3 fully saturated rings. The van der Waals surface area contributed by atoms with Gasteiger partial charge in [-0.05, 0) is 70.6 Å². The van der Waals surface area contributed by atoms with Crippen LogP contribution in [-0.2, 0) is 13.0 Å². The molecule has 8 rings (SSSR count). The summed E-state index contributed by atoms with van der Waals surface area (Å²) in [5, 5.41) is 0. The number of benzene rings is 2. The highest BCUT2D eigenvalue weighted by Gasteiger charge is 2.55. The fourth-order valence-corrected chi connectivity index (χ4v) is 8.93. The largest absolute Gasteiger partial charge is 0.490 e. The second-order valence-corrected chi connectivity index (χ2v) is 16.3. The third-order valence-electron chi connectivity index (χ3n) is 11.5. The molecule has 4 aliphatic rings. The van der Waals surface area contributed by atoms with Crippen molar-refractivity contribution in [3.05, 3.63) is 102 Å². The number of likely N-dealkylation sites (N-methyl/N-ethyl adjacent to an activating group) is 1. The molecule has 10 nitrogen and oxygen atoms in total. The van der Waals surface area contributed by atoms with E-state index in [0.717, 1.165) is 69.5 Å². The molecule has 4 heterocycles. The molecule has 290 valence electrons. The predicted octanol–water partition coefficient (Wildman–Crippen LogP) is 7.16. The Morgan fingerprint density at radius 3 is 2.45 bits per heavy atom. The van der Waals surface area contributed by atoms with Gasteiger partial charge in [-0.3, -0.25) is 14.7 Å². The number of anilines is 1. The summed E-state index contributed by atoms with van der Waals surface area (Å²) in [4.78, 5) is 35.6. The number of fused-ring (bicyclic) bond motifs is 1. The van der Waals surface area contributed by atoms with Crippen LogP contribution < -0.4 is 14.4 Å². The van der Waals surface area contributed by atoms with Gasteiger partial charge in [0.2, 0.25) is 0 Å². The molecule has 1 atom stereocenters. The lowest BCUT2D eigenvalue weighted by molar-refractivity contribution is -0.120. The lowest BCUT2D eigenvalue weighted by Gasteiger charge is -2.59. The van der Waals surface area contributed by atoms with Crippen molar-refractivity contribution in [2.75, 3.05) is 45.2 Å². The number of hydrogen-bond donors (Lipinski definition) is 0. The Kier molecular flexibility index (Phi) is 9.95. The number of nitrogens with zero attached hydrogens (tertiary/aromatic N) is 7. The van der Waals surface area contributed by atoms with E-state index in [1.165, 1.54) is 40.7 Å². The van der Waals surface area contributed by atoms with Crippen LogP contribution in [0, 0.1) is 11.2 Å². The summed E-state index contributed by atoms with van der Waals surface area (Å²) in [5.41, 5.74) is 3.63. The molecule has 2 aromatic heterocycles. The Morgan fingerprint density at radius 1 is 0.982 bits per heavy atom. The first kappa shape index (κ1) is 37.2. The van der Waals surface area contributed by atoms with E-state index >= 15 is 0 Å². The Morgan fingerprint density at radius 2 is 1.75 bits per heavy atom. The topological polar surface area (TPSA) is 87.2 Å². The maximum Gasteiger partial charge on any atom is 0.258 e. The van der Waals surface area contributed by atoms with Crippen molar-refractivity contribution in [2.24, 2.45) is 5.41 Å². The number of ether oxygens (including phenoxy) is 2. The highest BCUT2D eigenvalue weighted by molar-refractivity contribution is 5.97. The predicted molar refractivity (Wildman–Crippen MR) is 202 cm³/mol. The average Bonchev–Trinajstić information content (AvgIpc) is 3.10. The van der Waals surface area contributed by atoms with Gasteiger partial charge in [0.05, 0.1) is 23.5 Å². The van der Waals surface area contributed by atoms with Gasteiger partial charge in [0.1, 0.15) is 29.7 Å². The number of carbonyl (C=O) groups excluding carboxylic acids is 1. The van der Waals surface area contributed by atoms with E-state index in [-0.39, 0.29) is 34.9 Å². The van der Waals surface area contributed by atoms with Crippen LogP contribution in [0.2, 0.25) is 0 Å². The standard InChI is InChI=1S/C42H48F3N7O3/c1-27(2)52(30-17-42(44,45)18-30)40(53)32-16-29(43)10-11-35(32)55-37-21-46-26-48-39(37)51-24-41(25-51)19-31(20-41)54-36-12-14-47-33-13-15-50(22-28-8-6-5-7-9-28)34(38(33)36)23-49(3)4/h5-12,14,16,21,26-27,30-31,34H,13,15,17-20,22-25H2,1-4H3. The monoisotopic (exact) mass is 755 g/mol. The summed E-state index contributed by atoms with van der Waals surface area (Å²) in [5.74, 6) is -2.06. The maximum absolute atomic E-state index is 14.6. The van der Waals surface area contributed by atoms with Crippen LogP contribution in [0.3, 0.4) is 0 Å². The second-order valence-electron chi connectivity index (χ2n) is 16.3. The molecule has 13 heteroatoms. The van der Waals surface area contributed by atoms with Crippen LogP contribution in [0.5, 0.6) is 17.2 Å². The molecular formula is C42H48F3N7O3. The number of hydrogen-bond acceptors (Lipinski definition) is 9. The minimum Gasteiger partial charge on any atom is -0.490 e. The Hall–Kier alpha value is -4.75. The minimum atomic E-state index is -2.81. The number of halogens is 3. The van der Waals surface area contributed by atoms with Gasteiger partial charge >= 0.3 is 0 Å². The average molecular weight is 756 g/mol. The molecule has 2 aliphatic carbocycles. The zero-order valence-electron chi connectivity index (χ0n) is 31.8. The van der Waals surface area contributed by atoms with Crippen molar-refractivity contribution in [1.29, 1.82) is 0 Å². The summed E-state index contributed by atoms with van der Waals surface area (Å²) in [6, 6.07) is 15.5. The van der Waals surface area contributed by atoms with Crippen LogP contribution in [0.1, 0.15) is 72.8 Å². The highest BCUT2D eigenvalue weighted by atomic mass is 19.3. The number of aromatic nitrogens is 3. The van der Waals surface area contributed by atoms with E-state index in [9.17, 15) is 18.0 Å². The molecule has 2 saturated carbocycles. The number of pyridine rings is 1. The van der Waals surface area contributed by atoms with Crippen molar-refractivity contribution in [2.45, 2.75) is 82.6 Å². The van der Waals surface area contributed by atoms with Crippen molar-refractivity contribution >= 4 is 11.7 Å². The first-order chi connectivity index (χ1) is 26.4. The number of alkyl halides is 2. The summed E-state index contributed by atoms with van der Waals surface area (Å²) in [6.45, 7) is 7.68. The van der Waals surface area contributed by atoms with Gasteiger partial charge < -0.3 is 24.2 Å². The first-order valence-electron chi connectivity index (χ1n) is 19.2. The number of rotatable bonds is 12. The summed E-state index contributed by atoms with van der Waals surface area (Å²) < 4.78 is 55.2. The molecule has 55 heavy (non-hydrogen) atoms. The lowest BCUT2D eigenvalue weighted by atomic mass is 9.61. The van der Waals surface area contributed by atoms with E-state index in [4.69, 9.17) is 14.5 Å². The SMILES string of the molecule is CC(C)N(C(=O)c1cc(F)ccc1Oc1cncnc1N1CC2(CC(Oc3ccnc4c3C(CN(C)C)N(Cc3ccccc3)CC4)C2)C1)C1CC(F)(F)C1. The molecule has 0 radical (unpaired) electrons. The summed E-state index contributed by atoms with van der Waals surface area (Å²) in [7, 11) is 4.22. The highest BCUT2D eigenvalue weighted by Crippen LogP contribution is 2.52. The molecule has 1 saturated heterocycles. The Balaban J connectivity index is 0.939. The number of carbonyl (C=O) groups is 1. The smallest absolute Gasteiger partial charge is 0.258 e. The van der Waals surface area contributed by atoms with Crippen molar-refractivity contribution < 1.29 is 27.4 Å². The molecule has 4 aromatic rings. The van der Waals surface area contributed by atoms with Gasteiger partial charge in [0, 0.05) is 81.2 Å². The van der Waals surface area contributed by atoms with E-state index in [1.54, 1.807) is 13.8 Å². The normalized spacial score (nSPS) is 20.5. The fourth-order valence-electron chi connectivity index (χ4n) is 8.93. The molecule has 0 N–H and O–H groups in total. The molecule has 1 spiro atoms. The van der Waals surface area contributed by atoms with Gasteiger partial charge in [0.15, 0.2) is 11.6 Å². The Bertz CT molecular complexity index is 2010. The van der Waals surface area contributed by atoms with E-state index in [1.807, 2.05) is 12.3 Å². The van der Waals surface area contributed by atoms with Gasteiger partial charge in [0.25, 0.3) is 11.8 Å². The quantitative estimate of drug-likeness (QED) is 0.150. The number of amides is 1. The molecule has 1 unspecified atom stereocenters. The first-order valence-corrected chi connectivity index (χ1v) is 19.2. The van der Waals surface area contributed by atoms with E-state index < -0.39 is 36.5 Å². The van der Waals surface area contributed by atoms with Crippen molar-refractivity contribution in [1.82, 2.24) is 29.7 Å². The van der Waals surface area contributed by atoms with Crippen molar-refractivity contribution in [3.8, 4) is 17.2 Å². The van der Waals surface area contributed by atoms with Gasteiger partial charge in [-0.2, -0.15) is 0 Å². The van der Waals surface area contributed by atoms with Gasteiger partial charge in [-0.25, -0.2) is 23.1 Å². The molecule has 2 aromatic carbocycles. The van der Waals surface area contributed by atoms with Crippen LogP contribution in [0.25, 0.3) is 0 Å². The summed E-state index contributed by atoms with van der Waals surface area (Å²) in [6.07, 6.45) is 6.76. The van der Waals surface area contributed by atoms with Crippen LogP contribution in [0.4, 0.5) is 19.0 Å². The lowest BCUT2D eigenvalue weighted by Crippen LogP contribution is -2.65. The van der Waals surface area contributed by atoms with Crippen LogP contribution in [-0.4, -0.2) is 99.9 Å². The Labute approximate surface area is 320 Å². The molecular weight excluding hydrogens is 708 g/mol. The molecule has 0 bridgehead atoms. The van der Waals surface area contributed by atoms with Gasteiger partial charge in [-0.1, -0.05) is 30.3 Å². The molecule has 2 aliphatic heterocycles. The zero-order valence-corrected chi connectivity index (χ0v) is 31.8. The van der Waals surface area contributed by atoms with Crippen molar-refractivity contribution in [3.63, 3.8) is 0 Å². The minimum absolute atomic E-state index is 0.0351. The maximum atomic E-state index is 14.6. The fraction of sp³-hybridized carbons (Fsp3) is 0.476. The van der Waals surface area contributed by atoms with Crippen LogP contribution >= 0.6 is 0 Å². The molecule has 1 amide bonds. The third kappa shape index (κ3) is 7.60. The summed E-state index contributed by atoms with van der Waals surface area (Å²) >= 11 is 0. The van der Waals surface area contributed by atoms with E-state index in [0.29, 0.717) is 11.6 Å². The zero-order chi connectivity index (χ0) is 38.5. The van der Waals surface area contributed by atoms with Crippen LogP contribution in [0.15, 0.2) is 73.3 Å².